The first kappa shape index (κ1) is 21.9. The van der Waals surface area contributed by atoms with Crippen LogP contribution in [0.3, 0.4) is 0 Å². The lowest BCUT2D eigenvalue weighted by Gasteiger charge is -1.96. The van der Waals surface area contributed by atoms with Gasteiger partial charge in [0.15, 0.2) is 11.4 Å². The van der Waals surface area contributed by atoms with E-state index in [0.29, 0.717) is 21.8 Å². The predicted molar refractivity (Wildman–Crippen MR) is 122 cm³/mol. The van der Waals surface area contributed by atoms with E-state index in [4.69, 9.17) is 0 Å². The van der Waals surface area contributed by atoms with E-state index in [0.717, 1.165) is 11.1 Å². The lowest BCUT2D eigenvalue weighted by atomic mass is 10.1. The number of nitrogens with one attached hydrogen (secondary N) is 2. The summed E-state index contributed by atoms with van der Waals surface area (Å²) in [7, 11) is 0. The third-order valence-corrected chi connectivity index (χ3v) is 5.12. The van der Waals surface area contributed by atoms with Gasteiger partial charge in [0.25, 0.3) is 11.8 Å². The van der Waals surface area contributed by atoms with Crippen molar-refractivity contribution in [2.45, 2.75) is 33.1 Å². The summed E-state index contributed by atoms with van der Waals surface area (Å²) in [5.74, 6) is -1.38. The molecule has 0 aliphatic heterocycles. The SMILES string of the molecule is Cc1ccc2[nH]c(O)c(N=NC(=O)CCCC(=O)N=Nc3c(O)[nH]c4ccc(C)cc34)c2c1. The molecule has 0 aliphatic carbocycles. The maximum Gasteiger partial charge on any atom is 0.264 e. The van der Waals surface area contributed by atoms with Gasteiger partial charge in [-0.2, -0.15) is 0 Å². The number of H-pyrrole nitrogens is 2. The highest BCUT2D eigenvalue weighted by Crippen LogP contribution is 2.37. The molecule has 2 heterocycles. The van der Waals surface area contributed by atoms with Crippen LogP contribution in [0.25, 0.3) is 21.8 Å². The van der Waals surface area contributed by atoms with Gasteiger partial charge in [0.05, 0.1) is 11.0 Å². The van der Waals surface area contributed by atoms with Gasteiger partial charge in [-0.15, -0.1) is 20.5 Å². The van der Waals surface area contributed by atoms with E-state index in [1.54, 1.807) is 0 Å². The number of amides is 2. The van der Waals surface area contributed by atoms with Gasteiger partial charge in [-0.05, 0) is 44.5 Å². The van der Waals surface area contributed by atoms with Gasteiger partial charge in [-0.3, -0.25) is 9.59 Å². The number of fused-ring (bicyclic) bond motifs is 2. The fourth-order valence-electron chi connectivity index (χ4n) is 3.46. The molecule has 33 heavy (non-hydrogen) atoms. The minimum Gasteiger partial charge on any atom is -0.493 e. The van der Waals surface area contributed by atoms with Crippen molar-refractivity contribution in [2.24, 2.45) is 20.5 Å². The molecule has 2 aromatic heterocycles. The van der Waals surface area contributed by atoms with Crippen molar-refractivity contribution in [3.05, 3.63) is 47.5 Å². The third kappa shape index (κ3) is 4.79. The molecule has 0 bridgehead atoms. The summed E-state index contributed by atoms with van der Waals surface area (Å²) in [6.07, 6.45) is 0.197. The average molecular weight is 446 g/mol. The van der Waals surface area contributed by atoms with Gasteiger partial charge >= 0.3 is 0 Å². The van der Waals surface area contributed by atoms with Crippen molar-refractivity contribution in [3.8, 4) is 11.8 Å². The number of carbonyl (C=O) groups is 2. The van der Waals surface area contributed by atoms with Crippen LogP contribution in [0.4, 0.5) is 11.4 Å². The average Bonchev–Trinajstić information content (AvgIpc) is 3.25. The summed E-state index contributed by atoms with van der Waals surface area (Å²) in [6, 6.07) is 11.1. The number of hydrogen-bond acceptors (Lipinski definition) is 6. The second kappa shape index (κ2) is 9.03. The van der Waals surface area contributed by atoms with Gasteiger partial charge < -0.3 is 20.2 Å². The van der Waals surface area contributed by atoms with Crippen molar-refractivity contribution in [1.82, 2.24) is 9.97 Å². The van der Waals surface area contributed by atoms with E-state index >= 15 is 0 Å². The number of aromatic hydroxyl groups is 2. The molecule has 10 heteroatoms. The molecule has 4 N–H and O–H groups in total. The molecule has 2 aromatic carbocycles. The number of hydrogen-bond donors (Lipinski definition) is 4. The Morgan fingerprint density at radius 3 is 1.61 bits per heavy atom. The van der Waals surface area contributed by atoms with Crippen molar-refractivity contribution in [2.75, 3.05) is 0 Å². The minimum absolute atomic E-state index is 0.00949. The molecule has 0 saturated heterocycles. The Kier molecular flexibility index (Phi) is 5.99. The standard InChI is InChI=1S/C23H22N6O4/c1-12-6-8-16-14(10-12)20(22(32)24-16)28-26-18(30)4-3-5-19(31)27-29-21-15-11-13(2)7-9-17(15)25-23(21)33/h6-11,24-25,32-33H,3-5H2,1-2H3. The molecule has 0 atom stereocenters. The van der Waals surface area contributed by atoms with Crippen LogP contribution in [0, 0.1) is 13.8 Å². The monoisotopic (exact) mass is 446 g/mol. The maximum atomic E-state index is 12.0. The van der Waals surface area contributed by atoms with Crippen LogP contribution in [0.1, 0.15) is 30.4 Å². The zero-order valence-electron chi connectivity index (χ0n) is 18.1. The molecule has 0 radical (unpaired) electrons. The summed E-state index contributed by atoms with van der Waals surface area (Å²) in [6.45, 7) is 3.82. The topological polar surface area (TPSA) is 156 Å². The van der Waals surface area contributed by atoms with Crippen molar-refractivity contribution >= 4 is 45.0 Å². The first-order valence-electron chi connectivity index (χ1n) is 10.3. The van der Waals surface area contributed by atoms with Crippen molar-refractivity contribution in [3.63, 3.8) is 0 Å². The summed E-state index contributed by atoms with van der Waals surface area (Å²) in [5, 5.41) is 36.4. The Morgan fingerprint density at radius 1 is 0.758 bits per heavy atom. The molecule has 2 amide bonds. The Hall–Kier alpha value is -4.34. The molecular weight excluding hydrogens is 424 g/mol. The number of aromatic amines is 2. The van der Waals surface area contributed by atoms with E-state index in [1.807, 2.05) is 50.2 Å². The van der Waals surface area contributed by atoms with Crippen LogP contribution in [-0.2, 0) is 9.59 Å². The molecule has 0 unspecified atom stereocenters. The van der Waals surface area contributed by atoms with Crippen LogP contribution in [0.15, 0.2) is 56.9 Å². The molecule has 168 valence electrons. The Morgan fingerprint density at radius 2 is 1.18 bits per heavy atom. The first-order chi connectivity index (χ1) is 15.8. The molecule has 0 saturated carbocycles. The quantitative estimate of drug-likeness (QED) is 0.277. The minimum atomic E-state index is -0.522. The van der Waals surface area contributed by atoms with Crippen molar-refractivity contribution < 1.29 is 19.8 Å². The number of rotatable bonds is 6. The molecular formula is C23H22N6O4. The highest BCUT2D eigenvalue weighted by atomic mass is 16.3. The molecule has 0 aliphatic rings. The van der Waals surface area contributed by atoms with Gasteiger partial charge in [-0.1, -0.05) is 23.3 Å². The second-order valence-corrected chi connectivity index (χ2v) is 7.78. The van der Waals surface area contributed by atoms with E-state index in [1.165, 1.54) is 0 Å². The van der Waals surface area contributed by atoms with E-state index in [2.05, 4.69) is 30.4 Å². The molecule has 4 rings (SSSR count). The fourth-order valence-corrected chi connectivity index (χ4v) is 3.46. The number of carbonyl (C=O) groups excluding carboxylic acids is 2. The Labute approximate surface area is 188 Å². The predicted octanol–water partition coefficient (Wildman–Crippen LogP) is 5.77. The molecule has 10 nitrogen and oxygen atoms in total. The first-order valence-corrected chi connectivity index (χ1v) is 10.3. The number of azo groups is 2. The third-order valence-electron chi connectivity index (χ3n) is 5.12. The van der Waals surface area contributed by atoms with Gasteiger partial charge in [0, 0.05) is 23.6 Å². The van der Waals surface area contributed by atoms with Gasteiger partial charge in [-0.25, -0.2) is 0 Å². The fraction of sp³-hybridized carbons (Fsp3) is 0.217. The highest BCUT2D eigenvalue weighted by molar-refractivity contribution is 5.95. The van der Waals surface area contributed by atoms with E-state index in [-0.39, 0.29) is 42.4 Å². The van der Waals surface area contributed by atoms with Crippen LogP contribution >= 0.6 is 0 Å². The number of aromatic nitrogens is 2. The molecule has 4 aromatic rings. The largest absolute Gasteiger partial charge is 0.493 e. The smallest absolute Gasteiger partial charge is 0.264 e. The number of nitrogens with zero attached hydrogens (tertiary/aromatic N) is 4. The summed E-state index contributed by atoms with van der Waals surface area (Å²) in [5.41, 5.74) is 3.72. The van der Waals surface area contributed by atoms with Crippen molar-refractivity contribution in [1.29, 1.82) is 0 Å². The van der Waals surface area contributed by atoms with Gasteiger partial charge in [0.1, 0.15) is 0 Å². The maximum absolute atomic E-state index is 12.0. The highest BCUT2D eigenvalue weighted by Gasteiger charge is 2.13. The van der Waals surface area contributed by atoms with Crippen LogP contribution in [-0.4, -0.2) is 32.0 Å². The van der Waals surface area contributed by atoms with Crippen LogP contribution < -0.4 is 0 Å². The normalized spacial score (nSPS) is 11.9. The van der Waals surface area contributed by atoms with E-state index < -0.39 is 11.8 Å². The van der Waals surface area contributed by atoms with Crippen LogP contribution in [0.2, 0.25) is 0 Å². The van der Waals surface area contributed by atoms with Crippen LogP contribution in [0.5, 0.6) is 11.8 Å². The summed E-state index contributed by atoms with van der Waals surface area (Å²) >= 11 is 0. The number of benzene rings is 2. The summed E-state index contributed by atoms with van der Waals surface area (Å²) in [4.78, 5) is 29.7. The van der Waals surface area contributed by atoms with Gasteiger partial charge in [0.2, 0.25) is 11.8 Å². The zero-order valence-corrected chi connectivity index (χ0v) is 18.1. The Bertz CT molecular complexity index is 1320. The lowest BCUT2D eigenvalue weighted by molar-refractivity contribution is -0.119. The number of aryl methyl sites for hydroxylation is 2. The molecule has 0 fully saturated rings. The molecule has 0 spiro atoms. The second-order valence-electron chi connectivity index (χ2n) is 7.78. The zero-order chi connectivity index (χ0) is 23.5. The van der Waals surface area contributed by atoms with E-state index in [9.17, 15) is 19.8 Å². The summed E-state index contributed by atoms with van der Waals surface area (Å²) < 4.78 is 0. The lowest BCUT2D eigenvalue weighted by Crippen LogP contribution is -1.96. The Balaban J connectivity index is 1.33.